The Morgan fingerprint density at radius 1 is 1.61 bits per heavy atom. The molecule has 0 amide bonds. The molecule has 0 saturated carbocycles. The van der Waals surface area contributed by atoms with Gasteiger partial charge in [-0.15, -0.1) is 0 Å². The number of nitrogens with one attached hydrogen (secondary N) is 2. The van der Waals surface area contributed by atoms with Crippen molar-refractivity contribution in [3.8, 4) is 0 Å². The quantitative estimate of drug-likeness (QED) is 0.480. The molecule has 0 aliphatic rings. The van der Waals surface area contributed by atoms with Crippen molar-refractivity contribution in [1.82, 2.24) is 20.2 Å². The van der Waals surface area contributed by atoms with Crippen molar-refractivity contribution in [3.63, 3.8) is 0 Å². The van der Waals surface area contributed by atoms with Gasteiger partial charge in [-0.2, -0.15) is 5.10 Å². The van der Waals surface area contributed by atoms with Crippen molar-refractivity contribution in [3.05, 3.63) is 16.6 Å². The van der Waals surface area contributed by atoms with E-state index in [9.17, 15) is 9.59 Å². The van der Waals surface area contributed by atoms with Crippen molar-refractivity contribution in [1.29, 1.82) is 0 Å². The fourth-order valence-electron chi connectivity index (χ4n) is 1.44. The van der Waals surface area contributed by atoms with Gasteiger partial charge in [-0.25, -0.2) is 4.98 Å². The first-order valence-corrected chi connectivity index (χ1v) is 6.21. The first-order valence-electron chi connectivity index (χ1n) is 5.33. The maximum Gasteiger partial charge on any atom is 0.319 e. The van der Waals surface area contributed by atoms with Gasteiger partial charge >= 0.3 is 5.97 Å². The molecule has 8 heteroatoms. The number of ether oxygens (including phenoxy) is 1. The minimum atomic E-state index is -0.390. The Hall–Kier alpha value is -1.83. The zero-order valence-corrected chi connectivity index (χ0v) is 10.7. The van der Waals surface area contributed by atoms with E-state index in [2.05, 4.69) is 24.9 Å². The summed E-state index contributed by atoms with van der Waals surface area (Å²) >= 11 is 1.16. The van der Waals surface area contributed by atoms with Crippen LogP contribution in [0.5, 0.6) is 0 Å². The summed E-state index contributed by atoms with van der Waals surface area (Å²) in [6, 6.07) is 0. The third kappa shape index (κ3) is 2.37. The number of aromatic nitrogens is 4. The van der Waals surface area contributed by atoms with Gasteiger partial charge in [-0.1, -0.05) is 18.7 Å². The van der Waals surface area contributed by atoms with Gasteiger partial charge in [-0.05, 0) is 6.42 Å². The van der Waals surface area contributed by atoms with Gasteiger partial charge in [0, 0.05) is 0 Å². The maximum atomic E-state index is 11.7. The topological polar surface area (TPSA) is 101 Å². The summed E-state index contributed by atoms with van der Waals surface area (Å²) in [5.74, 6) is -0.338. The van der Waals surface area contributed by atoms with Crippen LogP contribution in [0.4, 0.5) is 0 Å². The molecule has 0 fully saturated rings. The average molecular weight is 268 g/mol. The van der Waals surface area contributed by atoms with E-state index >= 15 is 0 Å². The maximum absolute atomic E-state index is 11.7. The van der Waals surface area contributed by atoms with Crippen molar-refractivity contribution in [2.24, 2.45) is 0 Å². The molecule has 2 aromatic heterocycles. The number of hydrogen-bond acceptors (Lipinski definition) is 6. The third-order valence-electron chi connectivity index (χ3n) is 2.39. The summed E-state index contributed by atoms with van der Waals surface area (Å²) in [5.41, 5.74) is 0.122. The van der Waals surface area contributed by atoms with Gasteiger partial charge in [-0.3, -0.25) is 14.7 Å². The first-order chi connectivity index (χ1) is 8.65. The van der Waals surface area contributed by atoms with Crippen LogP contribution in [0.25, 0.3) is 11.0 Å². The van der Waals surface area contributed by atoms with Gasteiger partial charge in [0.25, 0.3) is 5.56 Å². The molecule has 18 heavy (non-hydrogen) atoms. The number of methoxy groups -OCH3 is 1. The lowest BCUT2D eigenvalue weighted by atomic mass is 10.3. The summed E-state index contributed by atoms with van der Waals surface area (Å²) in [5, 5.41) is 6.74. The zero-order chi connectivity index (χ0) is 13.1. The monoisotopic (exact) mass is 268 g/mol. The van der Waals surface area contributed by atoms with Crippen LogP contribution in [0, 0.1) is 0 Å². The Bertz CT molecular complexity index is 621. The Labute approximate surface area is 106 Å². The van der Waals surface area contributed by atoms with E-state index < -0.39 is 5.25 Å². The number of rotatable bonds is 4. The van der Waals surface area contributed by atoms with Gasteiger partial charge in [0.15, 0.2) is 10.8 Å². The second kappa shape index (κ2) is 5.21. The average Bonchev–Trinajstić information content (AvgIpc) is 2.83. The van der Waals surface area contributed by atoms with Gasteiger partial charge < -0.3 is 9.72 Å². The number of H-pyrrole nitrogens is 2. The molecule has 1 atom stereocenters. The number of esters is 1. The molecule has 0 radical (unpaired) electrons. The van der Waals surface area contributed by atoms with E-state index in [1.807, 2.05) is 6.92 Å². The van der Waals surface area contributed by atoms with Crippen LogP contribution in [0.3, 0.4) is 0 Å². The lowest BCUT2D eigenvalue weighted by Crippen LogP contribution is -2.19. The number of hydrogen-bond donors (Lipinski definition) is 2. The van der Waals surface area contributed by atoms with Gasteiger partial charge in [0.1, 0.15) is 10.6 Å². The molecule has 7 nitrogen and oxygen atoms in total. The minimum Gasteiger partial charge on any atom is -0.468 e. The normalized spacial score (nSPS) is 12.6. The standard InChI is InChI=1S/C10H12N4O3S/c1-3-6(9(16)17-2)18-10-12-7-5(4-11-14-7)8(15)13-10/h4,6H,3H2,1-2H3,(H2,11,12,13,14,15)/t6-/m1/s1. The van der Waals surface area contributed by atoms with E-state index in [1.165, 1.54) is 13.3 Å². The second-order valence-corrected chi connectivity index (χ2v) is 4.73. The fourth-order valence-corrected chi connectivity index (χ4v) is 2.37. The van der Waals surface area contributed by atoms with E-state index in [1.54, 1.807) is 0 Å². The molecule has 2 heterocycles. The molecule has 0 bridgehead atoms. The fraction of sp³-hybridized carbons (Fsp3) is 0.400. The minimum absolute atomic E-state index is 0.282. The molecule has 2 N–H and O–H groups in total. The Morgan fingerprint density at radius 3 is 3.06 bits per heavy atom. The molecular weight excluding hydrogens is 256 g/mol. The third-order valence-corrected chi connectivity index (χ3v) is 3.61. The number of fused-ring (bicyclic) bond motifs is 1. The van der Waals surface area contributed by atoms with Gasteiger partial charge in [0.2, 0.25) is 0 Å². The number of thioether (sulfide) groups is 1. The van der Waals surface area contributed by atoms with Crippen LogP contribution in [0.2, 0.25) is 0 Å². The van der Waals surface area contributed by atoms with Crippen LogP contribution in [0.1, 0.15) is 13.3 Å². The molecule has 0 aromatic carbocycles. The van der Waals surface area contributed by atoms with E-state index in [0.717, 1.165) is 11.8 Å². The van der Waals surface area contributed by atoms with Crippen LogP contribution >= 0.6 is 11.8 Å². The highest BCUT2D eigenvalue weighted by Gasteiger charge is 2.20. The lowest BCUT2D eigenvalue weighted by molar-refractivity contribution is -0.140. The van der Waals surface area contributed by atoms with Crippen LogP contribution in [0.15, 0.2) is 16.1 Å². The predicted molar refractivity (Wildman–Crippen MR) is 66.5 cm³/mol. The predicted octanol–water partition coefficient (Wildman–Crippen LogP) is 0.690. The highest BCUT2D eigenvalue weighted by molar-refractivity contribution is 8.00. The van der Waals surface area contributed by atoms with Crippen LogP contribution in [-0.2, 0) is 9.53 Å². The summed E-state index contributed by atoms with van der Waals surface area (Å²) in [6.07, 6.45) is 2.00. The molecule has 2 rings (SSSR count). The van der Waals surface area contributed by atoms with Crippen LogP contribution < -0.4 is 5.56 Å². The molecule has 0 aliphatic heterocycles. The Balaban J connectivity index is 2.31. The van der Waals surface area contributed by atoms with E-state index in [-0.39, 0.29) is 11.5 Å². The summed E-state index contributed by atoms with van der Waals surface area (Å²) in [4.78, 5) is 29.9. The lowest BCUT2D eigenvalue weighted by Gasteiger charge is -2.10. The number of carbonyl (C=O) groups excluding carboxylic acids is 1. The Kier molecular flexibility index (Phi) is 3.66. The molecule has 0 aliphatic carbocycles. The molecule has 96 valence electrons. The molecule has 0 spiro atoms. The molecule has 0 unspecified atom stereocenters. The van der Waals surface area contributed by atoms with E-state index in [4.69, 9.17) is 0 Å². The van der Waals surface area contributed by atoms with Crippen LogP contribution in [-0.4, -0.2) is 38.5 Å². The zero-order valence-electron chi connectivity index (χ0n) is 9.89. The highest BCUT2D eigenvalue weighted by Crippen LogP contribution is 2.22. The second-order valence-electron chi connectivity index (χ2n) is 3.54. The van der Waals surface area contributed by atoms with Gasteiger partial charge in [0.05, 0.1) is 13.3 Å². The summed E-state index contributed by atoms with van der Waals surface area (Å²) < 4.78 is 4.68. The van der Waals surface area contributed by atoms with Crippen molar-refractivity contribution in [2.75, 3.05) is 7.11 Å². The molecule has 0 saturated heterocycles. The summed E-state index contributed by atoms with van der Waals surface area (Å²) in [7, 11) is 1.33. The SMILES string of the molecule is CC[C@@H](Sc1nc2[nH]ncc2c(=O)[nH]1)C(=O)OC. The van der Waals surface area contributed by atoms with Crippen molar-refractivity contribution < 1.29 is 9.53 Å². The summed E-state index contributed by atoms with van der Waals surface area (Å²) in [6.45, 7) is 1.86. The highest BCUT2D eigenvalue weighted by atomic mass is 32.2. The number of aromatic amines is 2. The first kappa shape index (κ1) is 12.6. The molecule has 2 aromatic rings. The number of carbonyl (C=O) groups is 1. The number of nitrogens with zero attached hydrogens (tertiary/aromatic N) is 2. The van der Waals surface area contributed by atoms with Crippen molar-refractivity contribution in [2.45, 2.75) is 23.8 Å². The van der Waals surface area contributed by atoms with E-state index in [0.29, 0.717) is 22.6 Å². The Morgan fingerprint density at radius 2 is 2.39 bits per heavy atom. The molecular formula is C10H12N4O3S. The smallest absolute Gasteiger partial charge is 0.319 e. The van der Waals surface area contributed by atoms with Crippen molar-refractivity contribution >= 4 is 28.8 Å². The largest absolute Gasteiger partial charge is 0.468 e.